The molecule has 1 aliphatic heterocycles. The molecule has 0 radical (unpaired) electrons. The molecular weight excluding hydrogens is 204 g/mol. The largest absolute Gasteiger partial charge is 0.382 e. The van der Waals surface area contributed by atoms with Crippen molar-refractivity contribution in [2.24, 2.45) is 0 Å². The van der Waals surface area contributed by atoms with Crippen LogP contribution < -0.4 is 5.32 Å². The normalized spacial score (nSPS) is 19.7. The molecule has 1 aliphatic rings. The summed E-state index contributed by atoms with van der Waals surface area (Å²) in [6.07, 6.45) is 1.94. The van der Waals surface area contributed by atoms with Crippen LogP contribution in [0.2, 0.25) is 0 Å². The Morgan fingerprint density at radius 1 is 1.40 bits per heavy atom. The lowest BCUT2D eigenvalue weighted by atomic mass is 10.2. The van der Waals surface area contributed by atoms with Gasteiger partial charge in [-0.1, -0.05) is 25.1 Å². The molecule has 2 heterocycles. The molecule has 1 aromatic heterocycles. The van der Waals surface area contributed by atoms with Crippen LogP contribution in [0.1, 0.15) is 6.92 Å². The third-order valence-electron chi connectivity index (χ3n) is 2.63. The number of pyridine rings is 1. The van der Waals surface area contributed by atoms with Crippen LogP contribution in [0, 0.1) is 0 Å². The van der Waals surface area contributed by atoms with E-state index in [4.69, 9.17) is 0 Å². The molecule has 0 amide bonds. The summed E-state index contributed by atoms with van der Waals surface area (Å²) in [6.45, 7) is 3.27. The van der Waals surface area contributed by atoms with Crippen molar-refractivity contribution in [3.05, 3.63) is 30.5 Å². The Hall–Kier alpha value is -1.22. The molecule has 1 aromatic carbocycles. The van der Waals surface area contributed by atoms with E-state index < -0.39 is 0 Å². The van der Waals surface area contributed by atoms with Gasteiger partial charge in [0.05, 0.1) is 17.4 Å². The van der Waals surface area contributed by atoms with E-state index in [0.29, 0.717) is 5.25 Å². The average molecular weight is 216 g/mol. The number of para-hydroxylation sites is 1. The fourth-order valence-electron chi connectivity index (χ4n) is 1.87. The maximum Gasteiger partial charge on any atom is 0.0714 e. The predicted octanol–water partition coefficient (Wildman–Crippen LogP) is 3.14. The molecule has 0 saturated heterocycles. The van der Waals surface area contributed by atoms with Crippen molar-refractivity contribution in [1.29, 1.82) is 0 Å². The summed E-state index contributed by atoms with van der Waals surface area (Å²) in [4.78, 5) is 5.79. The molecule has 1 atom stereocenters. The van der Waals surface area contributed by atoms with Crippen LogP contribution in [0.25, 0.3) is 10.9 Å². The van der Waals surface area contributed by atoms with Crippen LogP contribution >= 0.6 is 11.8 Å². The van der Waals surface area contributed by atoms with Crippen LogP contribution in [-0.2, 0) is 0 Å². The number of benzene rings is 1. The van der Waals surface area contributed by atoms with E-state index >= 15 is 0 Å². The van der Waals surface area contributed by atoms with Crippen LogP contribution in [0.4, 0.5) is 5.69 Å². The lowest BCUT2D eigenvalue weighted by molar-refractivity contribution is 0.975. The average Bonchev–Trinajstić information content (AvgIpc) is 2.29. The number of rotatable bonds is 0. The third-order valence-corrected chi connectivity index (χ3v) is 3.87. The molecule has 2 aromatic rings. The van der Waals surface area contributed by atoms with E-state index in [-0.39, 0.29) is 0 Å². The van der Waals surface area contributed by atoms with E-state index in [1.807, 2.05) is 24.0 Å². The Bertz CT molecular complexity index is 510. The molecule has 0 saturated carbocycles. The van der Waals surface area contributed by atoms with Crippen LogP contribution in [0.5, 0.6) is 0 Å². The quantitative estimate of drug-likeness (QED) is 0.732. The first-order valence-electron chi connectivity index (χ1n) is 5.13. The van der Waals surface area contributed by atoms with Gasteiger partial charge in [0.1, 0.15) is 0 Å². The number of thioether (sulfide) groups is 1. The molecule has 0 fully saturated rings. The highest BCUT2D eigenvalue weighted by molar-refractivity contribution is 8.00. The fraction of sp³-hybridized carbons (Fsp3) is 0.250. The van der Waals surface area contributed by atoms with Crippen molar-refractivity contribution >= 4 is 28.4 Å². The van der Waals surface area contributed by atoms with Crippen molar-refractivity contribution in [3.8, 4) is 0 Å². The monoisotopic (exact) mass is 216 g/mol. The number of nitrogens with one attached hydrogen (secondary N) is 1. The van der Waals surface area contributed by atoms with Gasteiger partial charge in [0.15, 0.2) is 0 Å². The maximum absolute atomic E-state index is 4.44. The Balaban J connectivity index is 2.28. The van der Waals surface area contributed by atoms with E-state index in [0.717, 1.165) is 12.1 Å². The Labute approximate surface area is 93.1 Å². The number of hydrogen-bond acceptors (Lipinski definition) is 3. The molecule has 0 aliphatic carbocycles. The zero-order valence-corrected chi connectivity index (χ0v) is 9.34. The first-order chi connectivity index (χ1) is 7.34. The lowest BCUT2D eigenvalue weighted by Crippen LogP contribution is -2.18. The van der Waals surface area contributed by atoms with Gasteiger partial charge in [0.25, 0.3) is 0 Å². The predicted molar refractivity (Wildman–Crippen MR) is 65.6 cm³/mol. The SMILES string of the molecule is CC1CNc2cnc3ccccc3c2S1. The summed E-state index contributed by atoms with van der Waals surface area (Å²) >= 11 is 1.94. The summed E-state index contributed by atoms with van der Waals surface area (Å²) < 4.78 is 0. The van der Waals surface area contributed by atoms with Gasteiger partial charge in [0, 0.05) is 22.1 Å². The van der Waals surface area contributed by atoms with Gasteiger partial charge in [-0.3, -0.25) is 4.98 Å². The third kappa shape index (κ3) is 1.47. The Morgan fingerprint density at radius 3 is 3.20 bits per heavy atom. The molecule has 0 spiro atoms. The highest BCUT2D eigenvalue weighted by atomic mass is 32.2. The fourth-order valence-corrected chi connectivity index (χ4v) is 2.99. The second-order valence-electron chi connectivity index (χ2n) is 3.83. The molecule has 15 heavy (non-hydrogen) atoms. The molecule has 2 nitrogen and oxygen atoms in total. The first kappa shape index (κ1) is 9.04. The standard InChI is InChI=1S/C12H12N2S/c1-8-6-13-11-7-14-10-5-3-2-4-9(10)12(11)15-8/h2-5,7-8,13H,6H2,1H3. The van der Waals surface area contributed by atoms with E-state index in [9.17, 15) is 0 Å². The van der Waals surface area contributed by atoms with Gasteiger partial charge in [-0.15, -0.1) is 11.8 Å². The van der Waals surface area contributed by atoms with Crippen molar-refractivity contribution in [2.45, 2.75) is 17.1 Å². The van der Waals surface area contributed by atoms with Crippen LogP contribution in [0.15, 0.2) is 35.4 Å². The van der Waals surface area contributed by atoms with Crippen molar-refractivity contribution < 1.29 is 0 Å². The van der Waals surface area contributed by atoms with E-state index in [1.165, 1.54) is 16.0 Å². The van der Waals surface area contributed by atoms with Gasteiger partial charge < -0.3 is 5.32 Å². The molecule has 1 N–H and O–H groups in total. The smallest absolute Gasteiger partial charge is 0.0714 e. The molecule has 3 heteroatoms. The molecule has 3 rings (SSSR count). The minimum Gasteiger partial charge on any atom is -0.382 e. The number of aromatic nitrogens is 1. The number of anilines is 1. The van der Waals surface area contributed by atoms with Crippen molar-refractivity contribution in [3.63, 3.8) is 0 Å². The summed E-state index contributed by atoms with van der Waals surface area (Å²) in [7, 11) is 0. The highest BCUT2D eigenvalue weighted by Crippen LogP contribution is 2.38. The molecular formula is C12H12N2S. The Morgan fingerprint density at radius 2 is 2.27 bits per heavy atom. The molecule has 1 unspecified atom stereocenters. The second-order valence-corrected chi connectivity index (χ2v) is 5.28. The van der Waals surface area contributed by atoms with Gasteiger partial charge in [-0.2, -0.15) is 0 Å². The number of hydrogen-bond donors (Lipinski definition) is 1. The minimum atomic E-state index is 0.628. The Kier molecular flexibility index (Phi) is 2.06. The summed E-state index contributed by atoms with van der Waals surface area (Å²) in [5.41, 5.74) is 2.26. The number of nitrogens with zero attached hydrogens (tertiary/aromatic N) is 1. The minimum absolute atomic E-state index is 0.628. The summed E-state index contributed by atoms with van der Waals surface area (Å²) in [5.74, 6) is 0. The topological polar surface area (TPSA) is 24.9 Å². The van der Waals surface area contributed by atoms with E-state index in [2.05, 4.69) is 35.4 Å². The van der Waals surface area contributed by atoms with Gasteiger partial charge in [-0.05, 0) is 6.07 Å². The van der Waals surface area contributed by atoms with Gasteiger partial charge in [-0.25, -0.2) is 0 Å². The van der Waals surface area contributed by atoms with Gasteiger partial charge >= 0.3 is 0 Å². The lowest BCUT2D eigenvalue weighted by Gasteiger charge is -2.23. The van der Waals surface area contributed by atoms with Crippen molar-refractivity contribution in [2.75, 3.05) is 11.9 Å². The van der Waals surface area contributed by atoms with Gasteiger partial charge in [0.2, 0.25) is 0 Å². The summed E-state index contributed by atoms with van der Waals surface area (Å²) in [6, 6.07) is 8.32. The molecule has 0 bridgehead atoms. The van der Waals surface area contributed by atoms with Crippen molar-refractivity contribution in [1.82, 2.24) is 4.98 Å². The highest BCUT2D eigenvalue weighted by Gasteiger charge is 2.17. The zero-order chi connectivity index (χ0) is 10.3. The summed E-state index contributed by atoms with van der Waals surface area (Å²) in [5, 5.41) is 5.31. The van der Waals surface area contributed by atoms with Crippen LogP contribution in [-0.4, -0.2) is 16.8 Å². The van der Waals surface area contributed by atoms with E-state index in [1.54, 1.807) is 0 Å². The second kappa shape index (κ2) is 3.42. The van der Waals surface area contributed by atoms with Crippen LogP contribution in [0.3, 0.4) is 0 Å². The molecule has 76 valence electrons. The zero-order valence-electron chi connectivity index (χ0n) is 8.53. The number of fused-ring (bicyclic) bond motifs is 3. The maximum atomic E-state index is 4.44. The first-order valence-corrected chi connectivity index (χ1v) is 6.01.